The van der Waals surface area contributed by atoms with Crippen LogP contribution < -0.4 is 5.73 Å². The lowest BCUT2D eigenvalue weighted by Gasteiger charge is -2.17. The number of furan rings is 1. The Morgan fingerprint density at radius 1 is 1.67 bits per heavy atom. The molecular weight excluding hydrogens is 154 g/mol. The Balaban J connectivity index is 2.41. The molecule has 0 amide bonds. The topological polar surface area (TPSA) is 48.4 Å². The van der Waals surface area contributed by atoms with Gasteiger partial charge in [0.05, 0.1) is 18.6 Å². The van der Waals surface area contributed by atoms with Crippen LogP contribution in [0.25, 0.3) is 0 Å². The van der Waals surface area contributed by atoms with E-state index in [4.69, 9.17) is 14.9 Å². The highest BCUT2D eigenvalue weighted by atomic mass is 16.5. The molecular formula is C9H15NO2. The van der Waals surface area contributed by atoms with Gasteiger partial charge in [-0.3, -0.25) is 0 Å². The van der Waals surface area contributed by atoms with E-state index >= 15 is 0 Å². The Labute approximate surface area is 72.5 Å². The molecule has 0 saturated carbocycles. The molecule has 0 saturated heterocycles. The minimum absolute atomic E-state index is 0.0348. The second kappa shape index (κ2) is 4.28. The van der Waals surface area contributed by atoms with Crippen molar-refractivity contribution in [3.05, 3.63) is 24.2 Å². The molecule has 2 N–H and O–H groups in total. The van der Waals surface area contributed by atoms with Crippen LogP contribution in [0, 0.1) is 0 Å². The molecule has 1 aromatic rings. The summed E-state index contributed by atoms with van der Waals surface area (Å²) in [6.07, 6.45) is 4.24. The van der Waals surface area contributed by atoms with Crippen LogP contribution in [0.4, 0.5) is 0 Å². The fourth-order valence-corrected chi connectivity index (χ4v) is 1.02. The summed E-state index contributed by atoms with van der Waals surface area (Å²) >= 11 is 0. The Hall–Kier alpha value is -0.800. The minimum atomic E-state index is 0.0348. The largest absolute Gasteiger partial charge is 0.472 e. The van der Waals surface area contributed by atoms with Crippen molar-refractivity contribution in [2.45, 2.75) is 25.5 Å². The third-order valence-corrected chi connectivity index (χ3v) is 2.03. The SMILES string of the molecule is COC(C)C(N)Cc1ccoc1. The van der Waals surface area contributed by atoms with Gasteiger partial charge < -0.3 is 14.9 Å². The molecule has 3 nitrogen and oxygen atoms in total. The first-order chi connectivity index (χ1) is 5.74. The number of rotatable bonds is 4. The normalized spacial score (nSPS) is 15.9. The lowest BCUT2D eigenvalue weighted by atomic mass is 10.1. The first-order valence-corrected chi connectivity index (χ1v) is 4.03. The van der Waals surface area contributed by atoms with Crippen molar-refractivity contribution in [2.75, 3.05) is 7.11 Å². The number of nitrogens with two attached hydrogens (primary N) is 1. The van der Waals surface area contributed by atoms with Gasteiger partial charge in [-0.1, -0.05) is 0 Å². The average molecular weight is 169 g/mol. The van der Waals surface area contributed by atoms with E-state index in [-0.39, 0.29) is 12.1 Å². The van der Waals surface area contributed by atoms with E-state index in [1.165, 1.54) is 0 Å². The summed E-state index contributed by atoms with van der Waals surface area (Å²) in [5.74, 6) is 0. The first-order valence-electron chi connectivity index (χ1n) is 4.03. The van der Waals surface area contributed by atoms with E-state index in [0.717, 1.165) is 12.0 Å². The third kappa shape index (κ3) is 2.36. The summed E-state index contributed by atoms with van der Waals surface area (Å²) in [5, 5.41) is 0. The highest BCUT2D eigenvalue weighted by molar-refractivity contribution is 5.07. The molecule has 12 heavy (non-hydrogen) atoms. The second-order valence-corrected chi connectivity index (χ2v) is 2.94. The van der Waals surface area contributed by atoms with Crippen molar-refractivity contribution < 1.29 is 9.15 Å². The standard InChI is InChI=1S/C9H15NO2/c1-7(11-2)9(10)5-8-3-4-12-6-8/h3-4,6-7,9H,5,10H2,1-2H3. The Morgan fingerprint density at radius 2 is 2.42 bits per heavy atom. The Bertz CT molecular complexity index is 208. The summed E-state index contributed by atoms with van der Waals surface area (Å²) in [6.45, 7) is 1.96. The van der Waals surface area contributed by atoms with Crippen LogP contribution in [0.15, 0.2) is 23.0 Å². The van der Waals surface area contributed by atoms with Crippen molar-refractivity contribution in [1.29, 1.82) is 0 Å². The predicted octanol–water partition coefficient (Wildman–Crippen LogP) is 1.18. The zero-order valence-electron chi connectivity index (χ0n) is 7.49. The van der Waals surface area contributed by atoms with Crippen molar-refractivity contribution in [2.24, 2.45) is 5.73 Å². The minimum Gasteiger partial charge on any atom is -0.472 e. The molecule has 0 spiro atoms. The van der Waals surface area contributed by atoms with Crippen LogP contribution >= 0.6 is 0 Å². The van der Waals surface area contributed by atoms with Crippen molar-refractivity contribution >= 4 is 0 Å². The van der Waals surface area contributed by atoms with Crippen LogP contribution in [-0.2, 0) is 11.2 Å². The van der Waals surface area contributed by atoms with E-state index in [1.54, 1.807) is 19.6 Å². The van der Waals surface area contributed by atoms with Gasteiger partial charge in [0.25, 0.3) is 0 Å². The van der Waals surface area contributed by atoms with Crippen LogP contribution in [0.1, 0.15) is 12.5 Å². The van der Waals surface area contributed by atoms with Gasteiger partial charge in [-0.15, -0.1) is 0 Å². The van der Waals surface area contributed by atoms with Gasteiger partial charge >= 0.3 is 0 Å². The molecule has 2 atom stereocenters. The number of methoxy groups -OCH3 is 1. The van der Waals surface area contributed by atoms with E-state index in [9.17, 15) is 0 Å². The number of ether oxygens (including phenoxy) is 1. The summed E-state index contributed by atoms with van der Waals surface area (Å²) in [7, 11) is 1.67. The maximum atomic E-state index is 5.85. The Morgan fingerprint density at radius 3 is 2.92 bits per heavy atom. The van der Waals surface area contributed by atoms with Gasteiger partial charge in [0.15, 0.2) is 0 Å². The van der Waals surface area contributed by atoms with Crippen LogP contribution in [0.5, 0.6) is 0 Å². The first kappa shape index (κ1) is 9.29. The maximum Gasteiger partial charge on any atom is 0.0935 e. The molecule has 0 aliphatic carbocycles. The summed E-state index contributed by atoms with van der Waals surface area (Å²) in [6, 6.07) is 1.95. The van der Waals surface area contributed by atoms with Crippen molar-refractivity contribution in [1.82, 2.24) is 0 Å². The zero-order chi connectivity index (χ0) is 8.97. The van der Waals surface area contributed by atoms with Gasteiger partial charge in [0, 0.05) is 13.2 Å². The highest BCUT2D eigenvalue weighted by Gasteiger charge is 2.12. The van der Waals surface area contributed by atoms with Gasteiger partial charge in [-0.05, 0) is 25.0 Å². The van der Waals surface area contributed by atoms with E-state index in [0.29, 0.717) is 0 Å². The molecule has 0 bridgehead atoms. The Kier molecular flexibility index (Phi) is 3.31. The molecule has 3 heteroatoms. The second-order valence-electron chi connectivity index (χ2n) is 2.94. The lowest BCUT2D eigenvalue weighted by Crippen LogP contribution is -2.35. The molecule has 1 rings (SSSR count). The summed E-state index contributed by atoms with van der Waals surface area (Å²) in [5.41, 5.74) is 6.97. The van der Waals surface area contributed by atoms with Gasteiger partial charge in [-0.25, -0.2) is 0 Å². The number of hydrogen-bond donors (Lipinski definition) is 1. The molecule has 2 unspecified atom stereocenters. The molecule has 68 valence electrons. The monoisotopic (exact) mass is 169 g/mol. The molecule has 0 radical (unpaired) electrons. The predicted molar refractivity (Wildman–Crippen MR) is 46.9 cm³/mol. The van der Waals surface area contributed by atoms with E-state index < -0.39 is 0 Å². The molecule has 1 heterocycles. The zero-order valence-corrected chi connectivity index (χ0v) is 7.49. The molecule has 0 aliphatic rings. The van der Waals surface area contributed by atoms with Crippen LogP contribution in [-0.4, -0.2) is 19.3 Å². The van der Waals surface area contributed by atoms with Gasteiger partial charge in [-0.2, -0.15) is 0 Å². The lowest BCUT2D eigenvalue weighted by molar-refractivity contribution is 0.0955. The van der Waals surface area contributed by atoms with E-state index in [1.807, 2.05) is 13.0 Å². The van der Waals surface area contributed by atoms with Crippen LogP contribution in [0.2, 0.25) is 0 Å². The maximum absolute atomic E-state index is 5.85. The van der Waals surface area contributed by atoms with Gasteiger partial charge in [0.1, 0.15) is 0 Å². The smallest absolute Gasteiger partial charge is 0.0935 e. The van der Waals surface area contributed by atoms with E-state index in [2.05, 4.69) is 0 Å². The molecule has 0 aromatic carbocycles. The number of hydrogen-bond acceptors (Lipinski definition) is 3. The highest BCUT2D eigenvalue weighted by Crippen LogP contribution is 2.06. The fourth-order valence-electron chi connectivity index (χ4n) is 1.02. The quantitative estimate of drug-likeness (QED) is 0.736. The molecule has 0 fully saturated rings. The van der Waals surface area contributed by atoms with Crippen molar-refractivity contribution in [3.8, 4) is 0 Å². The summed E-state index contributed by atoms with van der Waals surface area (Å²) in [4.78, 5) is 0. The van der Waals surface area contributed by atoms with Crippen LogP contribution in [0.3, 0.4) is 0 Å². The van der Waals surface area contributed by atoms with Gasteiger partial charge in [0.2, 0.25) is 0 Å². The fraction of sp³-hybridized carbons (Fsp3) is 0.556. The average Bonchev–Trinajstić information content (AvgIpc) is 2.55. The third-order valence-electron chi connectivity index (χ3n) is 2.03. The molecule has 0 aliphatic heterocycles. The van der Waals surface area contributed by atoms with Crippen molar-refractivity contribution in [3.63, 3.8) is 0 Å². The summed E-state index contributed by atoms with van der Waals surface area (Å²) < 4.78 is 10.0. The molecule has 1 aromatic heterocycles.